The van der Waals surface area contributed by atoms with Crippen molar-refractivity contribution in [1.82, 2.24) is 4.98 Å². The molecule has 0 saturated carbocycles. The maximum atomic E-state index is 12.4. The summed E-state index contributed by atoms with van der Waals surface area (Å²) in [6, 6.07) is 15.0. The summed E-state index contributed by atoms with van der Waals surface area (Å²) < 4.78 is 5.42. The number of hydrogen-bond acceptors (Lipinski definition) is 5. The molecule has 2 amide bonds. The number of anilines is 2. The highest BCUT2D eigenvalue weighted by Gasteiger charge is 2.25. The van der Waals surface area contributed by atoms with Crippen molar-refractivity contribution in [3.8, 4) is 5.75 Å². The summed E-state index contributed by atoms with van der Waals surface area (Å²) in [6.07, 6.45) is 2.62. The predicted molar refractivity (Wildman–Crippen MR) is 114 cm³/mol. The standard InChI is InChI=1S/C21H18ClN3O3S/c22-15-5-3-4-14(10-15)11-16-12-23-21(29-16)24-19(26)8-9-25-17-6-1-2-7-18(17)28-13-20(25)27/h1-7,10,12H,8-9,11,13H2,(H,23,24,26). The Hall–Kier alpha value is -2.90. The Labute approximate surface area is 177 Å². The van der Waals surface area contributed by atoms with Crippen LogP contribution >= 0.6 is 22.9 Å². The molecule has 148 valence electrons. The average molecular weight is 428 g/mol. The number of hydrogen-bond donors (Lipinski definition) is 1. The van der Waals surface area contributed by atoms with Gasteiger partial charge >= 0.3 is 0 Å². The third-order valence-electron chi connectivity index (χ3n) is 4.44. The van der Waals surface area contributed by atoms with Crippen molar-refractivity contribution in [2.45, 2.75) is 12.8 Å². The monoisotopic (exact) mass is 427 g/mol. The number of para-hydroxylation sites is 2. The minimum Gasteiger partial charge on any atom is -0.482 e. The van der Waals surface area contributed by atoms with Crippen LogP contribution in [0.3, 0.4) is 0 Å². The van der Waals surface area contributed by atoms with Crippen molar-refractivity contribution in [2.75, 3.05) is 23.4 Å². The molecule has 0 bridgehead atoms. The van der Waals surface area contributed by atoms with Crippen LogP contribution in [0.4, 0.5) is 10.8 Å². The summed E-state index contributed by atoms with van der Waals surface area (Å²) in [4.78, 5) is 31.4. The van der Waals surface area contributed by atoms with Crippen molar-refractivity contribution in [1.29, 1.82) is 0 Å². The van der Waals surface area contributed by atoms with E-state index in [-0.39, 0.29) is 31.4 Å². The van der Waals surface area contributed by atoms with E-state index in [0.29, 0.717) is 28.0 Å². The highest BCUT2D eigenvalue weighted by molar-refractivity contribution is 7.15. The summed E-state index contributed by atoms with van der Waals surface area (Å²) in [7, 11) is 0. The number of nitrogens with zero attached hydrogens (tertiary/aromatic N) is 2. The maximum Gasteiger partial charge on any atom is 0.265 e. The van der Waals surface area contributed by atoms with Gasteiger partial charge in [0.05, 0.1) is 5.69 Å². The first-order valence-electron chi connectivity index (χ1n) is 9.10. The molecular formula is C21H18ClN3O3S. The third-order valence-corrected chi connectivity index (χ3v) is 5.59. The van der Waals surface area contributed by atoms with Gasteiger partial charge in [-0.1, -0.05) is 35.9 Å². The fourth-order valence-electron chi connectivity index (χ4n) is 3.09. The van der Waals surface area contributed by atoms with Gasteiger partial charge in [0.15, 0.2) is 11.7 Å². The topological polar surface area (TPSA) is 71.5 Å². The Morgan fingerprint density at radius 2 is 2.10 bits per heavy atom. The number of thiazole rings is 1. The molecule has 1 N–H and O–H groups in total. The zero-order valence-electron chi connectivity index (χ0n) is 15.4. The minimum absolute atomic E-state index is 0.0159. The molecule has 4 rings (SSSR count). The van der Waals surface area contributed by atoms with E-state index in [9.17, 15) is 9.59 Å². The second-order valence-corrected chi connectivity index (χ2v) is 8.09. The molecule has 0 saturated heterocycles. The first-order valence-corrected chi connectivity index (χ1v) is 10.3. The summed E-state index contributed by atoms with van der Waals surface area (Å²) in [5.41, 5.74) is 1.78. The third kappa shape index (κ3) is 4.75. The van der Waals surface area contributed by atoms with Gasteiger partial charge in [0.1, 0.15) is 5.75 Å². The molecule has 0 spiro atoms. The van der Waals surface area contributed by atoms with Crippen molar-refractivity contribution in [2.24, 2.45) is 0 Å². The molecule has 0 fully saturated rings. The van der Waals surface area contributed by atoms with Crippen LogP contribution in [-0.4, -0.2) is 29.9 Å². The van der Waals surface area contributed by atoms with Gasteiger partial charge in [0.25, 0.3) is 5.91 Å². The predicted octanol–water partition coefficient (Wildman–Crippen LogP) is 4.14. The van der Waals surface area contributed by atoms with E-state index in [1.807, 2.05) is 48.5 Å². The van der Waals surface area contributed by atoms with E-state index >= 15 is 0 Å². The van der Waals surface area contributed by atoms with Gasteiger partial charge in [0.2, 0.25) is 5.91 Å². The lowest BCUT2D eigenvalue weighted by molar-refractivity contribution is -0.121. The lowest BCUT2D eigenvalue weighted by Crippen LogP contribution is -2.40. The minimum atomic E-state index is -0.189. The number of carbonyl (C=O) groups excluding carboxylic acids is 2. The maximum absolute atomic E-state index is 12.4. The van der Waals surface area contributed by atoms with Crippen molar-refractivity contribution in [3.05, 3.63) is 70.2 Å². The Bertz CT molecular complexity index is 1050. The normalized spacial score (nSPS) is 13.0. The Morgan fingerprint density at radius 3 is 2.97 bits per heavy atom. The number of rotatable bonds is 6. The molecule has 2 heterocycles. The van der Waals surface area contributed by atoms with E-state index in [4.69, 9.17) is 16.3 Å². The molecule has 2 aromatic carbocycles. The first kappa shape index (κ1) is 19.4. The van der Waals surface area contributed by atoms with Crippen LogP contribution in [0.15, 0.2) is 54.7 Å². The van der Waals surface area contributed by atoms with Crippen LogP contribution in [0.25, 0.3) is 0 Å². The van der Waals surface area contributed by atoms with Gasteiger partial charge < -0.3 is 15.0 Å². The molecule has 1 aliphatic heterocycles. The van der Waals surface area contributed by atoms with E-state index in [1.165, 1.54) is 11.3 Å². The highest BCUT2D eigenvalue weighted by Crippen LogP contribution is 2.31. The Balaban J connectivity index is 1.34. The van der Waals surface area contributed by atoms with Crippen LogP contribution in [0.1, 0.15) is 16.9 Å². The summed E-state index contributed by atoms with van der Waals surface area (Å²) in [5.74, 6) is 0.304. The number of fused-ring (bicyclic) bond motifs is 1. The van der Waals surface area contributed by atoms with E-state index < -0.39 is 0 Å². The van der Waals surface area contributed by atoms with Gasteiger partial charge in [-0.2, -0.15) is 0 Å². The molecule has 3 aromatic rings. The fourth-order valence-corrected chi connectivity index (χ4v) is 4.17. The van der Waals surface area contributed by atoms with Crippen molar-refractivity contribution < 1.29 is 14.3 Å². The quantitative estimate of drug-likeness (QED) is 0.641. The zero-order valence-corrected chi connectivity index (χ0v) is 17.0. The Morgan fingerprint density at radius 1 is 1.24 bits per heavy atom. The van der Waals surface area contributed by atoms with Crippen LogP contribution in [0.5, 0.6) is 5.75 Å². The van der Waals surface area contributed by atoms with E-state index in [1.54, 1.807) is 11.1 Å². The zero-order chi connectivity index (χ0) is 20.2. The van der Waals surface area contributed by atoms with Crippen LogP contribution < -0.4 is 15.0 Å². The van der Waals surface area contributed by atoms with Gasteiger partial charge in [-0.15, -0.1) is 11.3 Å². The summed E-state index contributed by atoms with van der Waals surface area (Å²) >= 11 is 7.45. The largest absolute Gasteiger partial charge is 0.482 e. The SMILES string of the molecule is O=C(CCN1C(=O)COc2ccccc21)Nc1ncc(Cc2cccc(Cl)c2)s1. The van der Waals surface area contributed by atoms with Gasteiger partial charge in [-0.25, -0.2) is 4.98 Å². The summed E-state index contributed by atoms with van der Waals surface area (Å²) in [5, 5.41) is 4.05. The average Bonchev–Trinajstić information content (AvgIpc) is 3.14. The van der Waals surface area contributed by atoms with E-state index in [0.717, 1.165) is 10.4 Å². The number of carbonyl (C=O) groups is 2. The molecule has 6 nitrogen and oxygen atoms in total. The molecule has 0 radical (unpaired) electrons. The molecule has 0 atom stereocenters. The number of ether oxygens (including phenoxy) is 1. The molecule has 0 aliphatic carbocycles. The number of benzene rings is 2. The van der Waals surface area contributed by atoms with Gasteiger partial charge in [0, 0.05) is 35.5 Å². The number of aromatic nitrogens is 1. The molecular weight excluding hydrogens is 410 g/mol. The fraction of sp³-hybridized carbons (Fsp3) is 0.190. The molecule has 0 unspecified atom stereocenters. The number of halogens is 1. The molecule has 1 aromatic heterocycles. The van der Waals surface area contributed by atoms with Crippen molar-refractivity contribution >= 4 is 45.6 Å². The smallest absolute Gasteiger partial charge is 0.265 e. The van der Waals surface area contributed by atoms with Gasteiger partial charge in [-0.3, -0.25) is 9.59 Å². The highest BCUT2D eigenvalue weighted by atomic mass is 35.5. The van der Waals surface area contributed by atoms with Crippen LogP contribution in [0.2, 0.25) is 5.02 Å². The molecule has 1 aliphatic rings. The number of amides is 2. The Kier molecular flexibility index (Phi) is 5.78. The van der Waals surface area contributed by atoms with Crippen molar-refractivity contribution in [3.63, 3.8) is 0 Å². The van der Waals surface area contributed by atoms with Crippen LogP contribution in [0, 0.1) is 0 Å². The van der Waals surface area contributed by atoms with Gasteiger partial charge in [-0.05, 0) is 29.8 Å². The summed E-state index contributed by atoms with van der Waals surface area (Å²) in [6.45, 7) is 0.268. The molecule has 29 heavy (non-hydrogen) atoms. The number of nitrogens with one attached hydrogen (secondary N) is 1. The second kappa shape index (κ2) is 8.63. The lowest BCUT2D eigenvalue weighted by Gasteiger charge is -2.29. The molecule has 8 heteroatoms. The van der Waals surface area contributed by atoms with Crippen LogP contribution in [-0.2, 0) is 16.0 Å². The van der Waals surface area contributed by atoms with E-state index in [2.05, 4.69) is 10.3 Å². The second-order valence-electron chi connectivity index (χ2n) is 6.54. The first-order chi connectivity index (χ1) is 14.1. The lowest BCUT2D eigenvalue weighted by atomic mass is 10.1.